The van der Waals surface area contributed by atoms with Crippen molar-refractivity contribution in [2.24, 2.45) is 0 Å². The molecule has 0 saturated heterocycles. The van der Waals surface area contributed by atoms with Crippen LogP contribution in [0.15, 0.2) is 27.2 Å². The third-order valence-electron chi connectivity index (χ3n) is 3.51. The Hall–Kier alpha value is -2.79. The van der Waals surface area contributed by atoms with Crippen molar-refractivity contribution >= 4 is 34.1 Å². The molecule has 148 valence electrons. The lowest BCUT2D eigenvalue weighted by atomic mass is 10.2. The topological polar surface area (TPSA) is 109 Å². The number of amides is 1. The normalized spacial score (nSPS) is 10.6. The summed E-state index contributed by atoms with van der Waals surface area (Å²) < 4.78 is 21.6. The maximum Gasteiger partial charge on any atom is 0.277 e. The van der Waals surface area contributed by atoms with Crippen molar-refractivity contribution < 1.29 is 23.4 Å². The Kier molecular flexibility index (Phi) is 6.37. The van der Waals surface area contributed by atoms with Crippen molar-refractivity contribution in [3.63, 3.8) is 0 Å². The quantitative estimate of drug-likeness (QED) is 0.547. The zero-order valence-electron chi connectivity index (χ0n) is 15.6. The molecular formula is C17H18N4O5S2. The molecule has 0 unspecified atom stereocenters. The Bertz CT molecular complexity index is 947. The number of anilines is 1. The lowest BCUT2D eigenvalue weighted by molar-refractivity contribution is -0.113. The fourth-order valence-electron chi connectivity index (χ4n) is 2.28. The van der Waals surface area contributed by atoms with Gasteiger partial charge in [0.15, 0.2) is 16.6 Å². The number of rotatable bonds is 8. The number of ether oxygens (including phenoxy) is 3. The molecule has 0 fully saturated rings. The summed E-state index contributed by atoms with van der Waals surface area (Å²) in [6, 6.07) is 3.42. The molecule has 11 heteroatoms. The van der Waals surface area contributed by atoms with Gasteiger partial charge in [-0.3, -0.25) is 4.79 Å². The zero-order valence-corrected chi connectivity index (χ0v) is 17.3. The van der Waals surface area contributed by atoms with Crippen molar-refractivity contribution in [2.75, 3.05) is 32.4 Å². The van der Waals surface area contributed by atoms with Gasteiger partial charge in [0.1, 0.15) is 0 Å². The van der Waals surface area contributed by atoms with Crippen LogP contribution in [0.2, 0.25) is 0 Å². The minimum Gasteiger partial charge on any atom is -0.493 e. The molecule has 3 rings (SSSR count). The second-order valence-electron chi connectivity index (χ2n) is 5.42. The van der Waals surface area contributed by atoms with Gasteiger partial charge in [-0.25, -0.2) is 4.98 Å². The highest BCUT2D eigenvalue weighted by Crippen LogP contribution is 2.41. The number of benzene rings is 1. The zero-order chi connectivity index (χ0) is 20.1. The Balaban J connectivity index is 1.69. The fourth-order valence-corrected chi connectivity index (χ4v) is 3.55. The van der Waals surface area contributed by atoms with E-state index < -0.39 is 0 Å². The van der Waals surface area contributed by atoms with Gasteiger partial charge in [-0.05, 0) is 19.1 Å². The van der Waals surface area contributed by atoms with Crippen LogP contribution in [-0.2, 0) is 4.79 Å². The summed E-state index contributed by atoms with van der Waals surface area (Å²) >= 11 is 2.51. The van der Waals surface area contributed by atoms with E-state index in [1.54, 1.807) is 12.1 Å². The molecule has 1 aromatic carbocycles. The Morgan fingerprint density at radius 2 is 1.89 bits per heavy atom. The first-order valence-electron chi connectivity index (χ1n) is 8.02. The molecule has 9 nitrogen and oxygen atoms in total. The third kappa shape index (κ3) is 4.54. The van der Waals surface area contributed by atoms with Gasteiger partial charge in [0.2, 0.25) is 17.5 Å². The highest BCUT2D eigenvalue weighted by molar-refractivity contribution is 7.99. The summed E-state index contributed by atoms with van der Waals surface area (Å²) in [6.45, 7) is 1.87. The summed E-state index contributed by atoms with van der Waals surface area (Å²) in [5, 5.41) is 13.4. The van der Waals surface area contributed by atoms with E-state index in [4.69, 9.17) is 18.6 Å². The number of carbonyl (C=O) groups is 1. The van der Waals surface area contributed by atoms with Gasteiger partial charge in [-0.2, -0.15) is 0 Å². The van der Waals surface area contributed by atoms with Crippen molar-refractivity contribution in [3.05, 3.63) is 23.2 Å². The second-order valence-corrected chi connectivity index (χ2v) is 7.20. The highest BCUT2D eigenvalue weighted by Gasteiger charge is 2.18. The Morgan fingerprint density at radius 3 is 2.46 bits per heavy atom. The summed E-state index contributed by atoms with van der Waals surface area (Å²) in [6.07, 6.45) is 0. The van der Waals surface area contributed by atoms with E-state index in [1.807, 2.05) is 12.3 Å². The molecule has 0 atom stereocenters. The molecule has 0 spiro atoms. The number of thioether (sulfide) groups is 1. The molecular weight excluding hydrogens is 404 g/mol. The predicted octanol–water partition coefficient (Wildman–Crippen LogP) is 3.26. The molecule has 28 heavy (non-hydrogen) atoms. The molecule has 0 saturated carbocycles. The predicted molar refractivity (Wildman–Crippen MR) is 106 cm³/mol. The molecule has 0 radical (unpaired) electrons. The number of hydrogen-bond donors (Lipinski definition) is 1. The van der Waals surface area contributed by atoms with E-state index >= 15 is 0 Å². The maximum absolute atomic E-state index is 12.0. The average Bonchev–Trinajstić information content (AvgIpc) is 3.34. The largest absolute Gasteiger partial charge is 0.493 e. The molecule has 0 aliphatic heterocycles. The number of nitrogens with zero attached hydrogens (tertiary/aromatic N) is 3. The van der Waals surface area contributed by atoms with Gasteiger partial charge in [0.05, 0.1) is 32.8 Å². The number of hydrogen-bond acceptors (Lipinski definition) is 10. The highest BCUT2D eigenvalue weighted by atomic mass is 32.2. The van der Waals surface area contributed by atoms with E-state index in [2.05, 4.69) is 20.5 Å². The van der Waals surface area contributed by atoms with E-state index in [9.17, 15) is 4.79 Å². The van der Waals surface area contributed by atoms with Crippen LogP contribution in [0.1, 0.15) is 5.69 Å². The van der Waals surface area contributed by atoms with Crippen LogP contribution in [0.5, 0.6) is 17.2 Å². The van der Waals surface area contributed by atoms with Gasteiger partial charge in [0.25, 0.3) is 5.22 Å². The van der Waals surface area contributed by atoms with Crippen molar-refractivity contribution in [1.29, 1.82) is 0 Å². The van der Waals surface area contributed by atoms with Crippen LogP contribution in [0.3, 0.4) is 0 Å². The summed E-state index contributed by atoms with van der Waals surface area (Å²) in [4.78, 5) is 16.2. The van der Waals surface area contributed by atoms with Crippen molar-refractivity contribution in [3.8, 4) is 28.7 Å². The number of aryl methyl sites for hydroxylation is 1. The van der Waals surface area contributed by atoms with Gasteiger partial charge in [-0.15, -0.1) is 21.5 Å². The first-order valence-corrected chi connectivity index (χ1v) is 9.89. The van der Waals surface area contributed by atoms with Gasteiger partial charge in [0, 0.05) is 10.9 Å². The van der Waals surface area contributed by atoms with E-state index in [0.717, 1.165) is 17.5 Å². The van der Waals surface area contributed by atoms with Crippen LogP contribution in [0.25, 0.3) is 11.5 Å². The molecule has 0 aliphatic rings. The van der Waals surface area contributed by atoms with E-state index in [0.29, 0.717) is 27.9 Å². The number of nitrogens with one attached hydrogen (secondary N) is 1. The molecule has 1 amide bonds. The standard InChI is InChI=1S/C17H18N4O5S2/c1-9-7-27-16(18-9)19-13(22)8-28-17-21-20-15(26-17)10-5-11(23-2)14(25-4)12(6-10)24-3/h5-7H,8H2,1-4H3,(H,18,19,22). The lowest BCUT2D eigenvalue weighted by Gasteiger charge is -2.12. The van der Waals surface area contributed by atoms with E-state index in [1.165, 1.54) is 32.7 Å². The Labute approximate surface area is 169 Å². The summed E-state index contributed by atoms with van der Waals surface area (Å²) in [5.41, 5.74) is 1.47. The lowest BCUT2D eigenvalue weighted by Crippen LogP contribution is -2.13. The van der Waals surface area contributed by atoms with Crippen molar-refractivity contribution in [2.45, 2.75) is 12.1 Å². The first-order chi connectivity index (χ1) is 13.5. The van der Waals surface area contributed by atoms with Crippen LogP contribution >= 0.6 is 23.1 Å². The van der Waals surface area contributed by atoms with Crippen LogP contribution in [-0.4, -0.2) is 48.2 Å². The molecule has 2 heterocycles. The SMILES string of the molecule is COc1cc(-c2nnc(SCC(=O)Nc3nc(C)cs3)o2)cc(OC)c1OC. The minimum atomic E-state index is -0.202. The summed E-state index contributed by atoms with van der Waals surface area (Å²) in [7, 11) is 4.58. The smallest absolute Gasteiger partial charge is 0.277 e. The van der Waals surface area contributed by atoms with Crippen LogP contribution in [0, 0.1) is 6.92 Å². The monoisotopic (exact) mass is 422 g/mol. The number of thiazole rings is 1. The number of methoxy groups -OCH3 is 3. The molecule has 1 N–H and O–H groups in total. The number of carbonyl (C=O) groups excluding carboxylic acids is 1. The molecule has 2 aromatic heterocycles. The summed E-state index contributed by atoms with van der Waals surface area (Å²) in [5.74, 6) is 1.61. The Morgan fingerprint density at radius 1 is 1.18 bits per heavy atom. The van der Waals surface area contributed by atoms with Crippen molar-refractivity contribution in [1.82, 2.24) is 15.2 Å². The van der Waals surface area contributed by atoms with Gasteiger partial charge in [-0.1, -0.05) is 11.8 Å². The minimum absolute atomic E-state index is 0.121. The van der Waals surface area contributed by atoms with E-state index in [-0.39, 0.29) is 22.8 Å². The third-order valence-corrected chi connectivity index (χ3v) is 5.20. The van der Waals surface area contributed by atoms with Crippen LogP contribution in [0.4, 0.5) is 5.13 Å². The first kappa shape index (κ1) is 20.0. The second kappa shape index (κ2) is 8.93. The molecule has 3 aromatic rings. The van der Waals surface area contributed by atoms with Gasteiger partial charge < -0.3 is 23.9 Å². The molecule has 0 bridgehead atoms. The van der Waals surface area contributed by atoms with Gasteiger partial charge >= 0.3 is 0 Å². The average molecular weight is 422 g/mol. The maximum atomic E-state index is 12.0. The number of aromatic nitrogens is 3. The fraction of sp³-hybridized carbons (Fsp3) is 0.294. The molecule has 0 aliphatic carbocycles. The van der Waals surface area contributed by atoms with Crippen LogP contribution < -0.4 is 19.5 Å².